The van der Waals surface area contributed by atoms with Crippen molar-refractivity contribution in [1.82, 2.24) is 5.48 Å². The maximum atomic E-state index is 9.25. The zero-order valence-corrected chi connectivity index (χ0v) is 6.47. The fourth-order valence-corrected chi connectivity index (χ4v) is 0.982. The second-order valence-corrected chi connectivity index (χ2v) is 2.49. The third kappa shape index (κ3) is 1.83. The van der Waals surface area contributed by atoms with Crippen LogP contribution < -0.4 is 5.48 Å². The summed E-state index contributed by atoms with van der Waals surface area (Å²) in [4.78, 5) is 0. The maximum absolute atomic E-state index is 9.25. The van der Waals surface area contributed by atoms with E-state index in [-0.39, 0.29) is 17.3 Å². The van der Waals surface area contributed by atoms with Gasteiger partial charge in [0, 0.05) is 12.1 Å². The number of para-hydroxylation sites is 1. The molecule has 0 bridgehead atoms. The molecule has 0 spiro atoms. The van der Waals surface area contributed by atoms with Crippen LogP contribution in [0.3, 0.4) is 0 Å². The molecule has 0 saturated heterocycles. The molecule has 0 saturated carbocycles. The third-order valence-corrected chi connectivity index (χ3v) is 1.64. The van der Waals surface area contributed by atoms with Crippen LogP contribution in [-0.4, -0.2) is 10.3 Å². The maximum Gasteiger partial charge on any atom is 0.138 e. The Morgan fingerprint density at radius 3 is 2.82 bits per heavy atom. The van der Waals surface area contributed by atoms with Gasteiger partial charge >= 0.3 is 0 Å². The van der Waals surface area contributed by atoms with Crippen LogP contribution in [0.15, 0.2) is 18.2 Å². The molecule has 1 rings (SSSR count). The average Bonchev–Trinajstić information content (AvgIpc) is 1.99. The van der Waals surface area contributed by atoms with Crippen molar-refractivity contribution in [2.75, 3.05) is 0 Å². The molecule has 1 aromatic rings. The van der Waals surface area contributed by atoms with Crippen LogP contribution in [0.25, 0.3) is 0 Å². The molecule has 0 aliphatic rings. The summed E-state index contributed by atoms with van der Waals surface area (Å²) in [7, 11) is 0. The normalized spacial score (nSPS) is 10.0. The second kappa shape index (κ2) is 3.57. The molecule has 1 aromatic carbocycles. The smallest absolute Gasteiger partial charge is 0.138 e. The molecular formula is C7H8ClNO2. The molecule has 0 aliphatic carbocycles. The quantitative estimate of drug-likeness (QED) is 0.595. The van der Waals surface area contributed by atoms with Crippen molar-refractivity contribution in [3.8, 4) is 5.75 Å². The fraction of sp³-hybridized carbons (Fsp3) is 0.143. The molecule has 0 heterocycles. The van der Waals surface area contributed by atoms with E-state index < -0.39 is 0 Å². The lowest BCUT2D eigenvalue weighted by Crippen LogP contribution is -2.05. The molecule has 0 aromatic heterocycles. The first-order chi connectivity index (χ1) is 5.25. The molecule has 4 heteroatoms. The molecule has 0 radical (unpaired) electrons. The van der Waals surface area contributed by atoms with E-state index in [1.807, 2.05) is 5.48 Å². The number of hydrogen-bond acceptors (Lipinski definition) is 3. The summed E-state index contributed by atoms with van der Waals surface area (Å²) in [5.74, 6) is 0.00992. The number of aromatic hydroxyl groups is 1. The van der Waals surface area contributed by atoms with Gasteiger partial charge in [-0.25, -0.2) is 5.48 Å². The van der Waals surface area contributed by atoms with Gasteiger partial charge in [-0.05, 0) is 6.07 Å². The number of hydrogen-bond donors (Lipinski definition) is 3. The van der Waals surface area contributed by atoms with E-state index in [2.05, 4.69) is 0 Å². The Bertz CT molecular complexity index is 252. The van der Waals surface area contributed by atoms with Gasteiger partial charge in [0.05, 0.1) is 5.02 Å². The van der Waals surface area contributed by atoms with Crippen molar-refractivity contribution >= 4 is 11.6 Å². The molecule has 0 fully saturated rings. The lowest BCUT2D eigenvalue weighted by atomic mass is 10.2. The van der Waals surface area contributed by atoms with Crippen molar-refractivity contribution < 1.29 is 10.3 Å². The Hall–Kier alpha value is -0.770. The van der Waals surface area contributed by atoms with Crippen LogP contribution in [0.2, 0.25) is 5.02 Å². The number of phenols is 1. The second-order valence-electron chi connectivity index (χ2n) is 2.08. The van der Waals surface area contributed by atoms with Gasteiger partial charge in [-0.3, -0.25) is 0 Å². The van der Waals surface area contributed by atoms with Crippen molar-refractivity contribution in [1.29, 1.82) is 0 Å². The summed E-state index contributed by atoms with van der Waals surface area (Å²) in [5, 5.41) is 17.9. The van der Waals surface area contributed by atoms with Crippen LogP contribution in [-0.2, 0) is 6.54 Å². The minimum atomic E-state index is 0.00992. The molecule has 0 amide bonds. The van der Waals surface area contributed by atoms with E-state index in [4.69, 9.17) is 16.8 Å². The highest BCUT2D eigenvalue weighted by Crippen LogP contribution is 2.26. The van der Waals surface area contributed by atoms with Gasteiger partial charge in [0.15, 0.2) is 0 Å². The summed E-state index contributed by atoms with van der Waals surface area (Å²) in [5.41, 5.74) is 2.50. The highest BCUT2D eigenvalue weighted by molar-refractivity contribution is 6.32. The lowest BCUT2D eigenvalue weighted by Gasteiger charge is -2.03. The monoisotopic (exact) mass is 173 g/mol. The summed E-state index contributed by atoms with van der Waals surface area (Å²) < 4.78 is 0. The van der Waals surface area contributed by atoms with Crippen LogP contribution in [0.5, 0.6) is 5.75 Å². The molecule has 0 aliphatic heterocycles. The van der Waals surface area contributed by atoms with Crippen molar-refractivity contribution in [2.45, 2.75) is 6.54 Å². The molecule has 0 unspecified atom stereocenters. The predicted octanol–water partition coefficient (Wildman–Crippen LogP) is 1.52. The number of nitrogens with one attached hydrogen (secondary N) is 1. The average molecular weight is 174 g/mol. The summed E-state index contributed by atoms with van der Waals surface area (Å²) >= 11 is 5.59. The van der Waals surface area contributed by atoms with Crippen LogP contribution in [0.4, 0.5) is 0 Å². The number of benzene rings is 1. The Morgan fingerprint density at radius 1 is 1.45 bits per heavy atom. The number of halogens is 1. The molecule has 3 nitrogen and oxygen atoms in total. The van der Waals surface area contributed by atoms with Crippen molar-refractivity contribution in [2.24, 2.45) is 0 Å². The van der Waals surface area contributed by atoms with E-state index >= 15 is 0 Å². The van der Waals surface area contributed by atoms with Gasteiger partial charge in [0.1, 0.15) is 5.75 Å². The van der Waals surface area contributed by atoms with Gasteiger partial charge in [0.2, 0.25) is 0 Å². The van der Waals surface area contributed by atoms with Gasteiger partial charge < -0.3 is 10.3 Å². The highest BCUT2D eigenvalue weighted by atomic mass is 35.5. The predicted molar refractivity (Wildman–Crippen MR) is 41.7 cm³/mol. The van der Waals surface area contributed by atoms with Crippen LogP contribution in [0.1, 0.15) is 5.56 Å². The van der Waals surface area contributed by atoms with Gasteiger partial charge in [-0.2, -0.15) is 0 Å². The van der Waals surface area contributed by atoms with E-state index in [1.165, 1.54) is 0 Å². The van der Waals surface area contributed by atoms with Gasteiger partial charge in [-0.15, -0.1) is 0 Å². The minimum absolute atomic E-state index is 0.00992. The van der Waals surface area contributed by atoms with E-state index in [0.29, 0.717) is 5.56 Å². The molecule has 3 N–H and O–H groups in total. The summed E-state index contributed by atoms with van der Waals surface area (Å²) in [6, 6.07) is 4.96. The zero-order chi connectivity index (χ0) is 8.27. The third-order valence-electron chi connectivity index (χ3n) is 1.34. The first-order valence-electron chi connectivity index (χ1n) is 3.09. The Balaban J connectivity index is 2.96. The first kappa shape index (κ1) is 8.33. The van der Waals surface area contributed by atoms with E-state index in [9.17, 15) is 5.11 Å². The SMILES string of the molecule is ONCc1cccc(Cl)c1O. The first-order valence-corrected chi connectivity index (χ1v) is 3.47. The molecule has 0 atom stereocenters. The minimum Gasteiger partial charge on any atom is -0.506 e. The molecule has 60 valence electrons. The zero-order valence-electron chi connectivity index (χ0n) is 5.71. The van der Waals surface area contributed by atoms with Gasteiger partial charge in [0.25, 0.3) is 0 Å². The standard InChI is InChI=1S/C7H8ClNO2/c8-6-3-1-2-5(4-9-11)7(6)10/h1-3,9-11H,4H2. The highest BCUT2D eigenvalue weighted by Gasteiger charge is 2.02. The van der Waals surface area contributed by atoms with Crippen molar-refractivity contribution in [3.05, 3.63) is 28.8 Å². The van der Waals surface area contributed by atoms with Gasteiger partial charge in [-0.1, -0.05) is 23.7 Å². The Labute approximate surface area is 69.2 Å². The molecule has 11 heavy (non-hydrogen) atoms. The fourth-order valence-electron chi connectivity index (χ4n) is 0.788. The summed E-state index contributed by atoms with van der Waals surface area (Å²) in [6.07, 6.45) is 0. The topological polar surface area (TPSA) is 52.5 Å². The largest absolute Gasteiger partial charge is 0.506 e. The molecular weight excluding hydrogens is 166 g/mol. The Morgan fingerprint density at radius 2 is 2.18 bits per heavy atom. The van der Waals surface area contributed by atoms with E-state index in [1.54, 1.807) is 18.2 Å². The summed E-state index contributed by atoms with van der Waals surface area (Å²) in [6.45, 7) is 0.187. The number of hydroxylamine groups is 1. The Kier molecular flexibility index (Phi) is 2.70. The van der Waals surface area contributed by atoms with E-state index in [0.717, 1.165) is 0 Å². The van der Waals surface area contributed by atoms with Crippen LogP contribution in [0, 0.1) is 0 Å². The van der Waals surface area contributed by atoms with Crippen LogP contribution >= 0.6 is 11.6 Å². The number of phenolic OH excluding ortho intramolecular Hbond substituents is 1. The lowest BCUT2D eigenvalue weighted by molar-refractivity contribution is 0.160. The van der Waals surface area contributed by atoms with Crippen molar-refractivity contribution in [3.63, 3.8) is 0 Å². The number of rotatable bonds is 2.